The molecule has 0 aliphatic heterocycles. The fourth-order valence-electron chi connectivity index (χ4n) is 5.74. The monoisotopic (exact) mass is 561 g/mol. The Hall–Kier alpha value is -5.93. The largest absolute Gasteiger partial charge is 0.208 e. The first-order valence-corrected chi connectivity index (χ1v) is 14.8. The van der Waals surface area contributed by atoms with Gasteiger partial charge in [0.1, 0.15) is 0 Å². The molecule has 0 amide bonds. The summed E-state index contributed by atoms with van der Waals surface area (Å²) in [5, 5.41) is 4.78. The number of hydrogen-bond acceptors (Lipinski definition) is 3. The number of hydrogen-bond donors (Lipinski definition) is 0. The molecule has 44 heavy (non-hydrogen) atoms. The highest BCUT2D eigenvalue weighted by Crippen LogP contribution is 2.32. The van der Waals surface area contributed by atoms with Crippen LogP contribution in [0.2, 0.25) is 0 Å². The lowest BCUT2D eigenvalue weighted by Gasteiger charge is -2.10. The van der Waals surface area contributed by atoms with Crippen LogP contribution in [-0.4, -0.2) is 15.0 Å². The Bertz CT molecular complexity index is 2200. The maximum Gasteiger partial charge on any atom is 0.164 e. The van der Waals surface area contributed by atoms with Crippen molar-refractivity contribution in [2.75, 3.05) is 0 Å². The Labute approximate surface area is 256 Å². The van der Waals surface area contributed by atoms with Crippen molar-refractivity contribution in [3.63, 3.8) is 0 Å². The molecule has 0 N–H and O–H groups in total. The molecule has 8 aromatic rings. The Balaban J connectivity index is 1.15. The van der Waals surface area contributed by atoms with Crippen LogP contribution in [0.5, 0.6) is 0 Å². The molecule has 0 spiro atoms. The van der Waals surface area contributed by atoms with Crippen LogP contribution in [-0.2, 0) is 0 Å². The van der Waals surface area contributed by atoms with Crippen LogP contribution in [0.4, 0.5) is 0 Å². The molecule has 206 valence electrons. The van der Waals surface area contributed by atoms with Crippen molar-refractivity contribution in [3.05, 3.63) is 164 Å². The van der Waals surface area contributed by atoms with E-state index in [9.17, 15) is 0 Å². The molecule has 0 bridgehead atoms. The Morgan fingerprint density at radius 2 is 0.523 bits per heavy atom. The van der Waals surface area contributed by atoms with Gasteiger partial charge in [-0.3, -0.25) is 0 Å². The van der Waals surface area contributed by atoms with E-state index in [1.54, 1.807) is 0 Å². The van der Waals surface area contributed by atoms with Crippen molar-refractivity contribution in [1.82, 2.24) is 15.0 Å². The van der Waals surface area contributed by atoms with E-state index in [1.165, 1.54) is 38.4 Å². The fraction of sp³-hybridized carbons (Fsp3) is 0. The van der Waals surface area contributed by atoms with Crippen molar-refractivity contribution in [3.8, 4) is 56.4 Å². The van der Waals surface area contributed by atoms with Crippen molar-refractivity contribution in [2.24, 2.45) is 0 Å². The van der Waals surface area contributed by atoms with Crippen LogP contribution in [0.25, 0.3) is 78.0 Å². The van der Waals surface area contributed by atoms with Crippen LogP contribution in [0, 0.1) is 0 Å². The highest BCUT2D eigenvalue weighted by atomic mass is 15.0. The van der Waals surface area contributed by atoms with Gasteiger partial charge in [-0.2, -0.15) is 0 Å². The fourth-order valence-corrected chi connectivity index (χ4v) is 5.74. The molecule has 0 aliphatic carbocycles. The molecule has 0 saturated heterocycles. The van der Waals surface area contributed by atoms with E-state index in [4.69, 9.17) is 15.0 Å². The summed E-state index contributed by atoms with van der Waals surface area (Å²) >= 11 is 0. The molecule has 0 atom stereocenters. The maximum absolute atomic E-state index is 4.90. The summed E-state index contributed by atoms with van der Waals surface area (Å²) < 4.78 is 0. The summed E-state index contributed by atoms with van der Waals surface area (Å²) in [4.78, 5) is 14.6. The van der Waals surface area contributed by atoms with Crippen LogP contribution < -0.4 is 0 Å². The van der Waals surface area contributed by atoms with Crippen molar-refractivity contribution >= 4 is 21.5 Å². The first-order valence-electron chi connectivity index (χ1n) is 14.8. The number of nitrogens with zero attached hydrogens (tertiary/aromatic N) is 3. The maximum atomic E-state index is 4.90. The molecular formula is C41H27N3. The van der Waals surface area contributed by atoms with Gasteiger partial charge in [0.2, 0.25) is 0 Å². The van der Waals surface area contributed by atoms with E-state index < -0.39 is 0 Å². The second-order valence-electron chi connectivity index (χ2n) is 11.0. The van der Waals surface area contributed by atoms with E-state index in [0.29, 0.717) is 17.5 Å². The summed E-state index contributed by atoms with van der Waals surface area (Å²) in [6, 6.07) is 57.2. The van der Waals surface area contributed by atoms with Gasteiger partial charge in [0.25, 0.3) is 0 Å². The van der Waals surface area contributed by atoms with Crippen molar-refractivity contribution in [1.29, 1.82) is 0 Å². The van der Waals surface area contributed by atoms with Gasteiger partial charge in [-0.05, 0) is 68.1 Å². The lowest BCUT2D eigenvalue weighted by atomic mass is 9.96. The highest BCUT2D eigenvalue weighted by Gasteiger charge is 2.13. The smallest absolute Gasteiger partial charge is 0.164 e. The second-order valence-corrected chi connectivity index (χ2v) is 11.0. The van der Waals surface area contributed by atoms with E-state index in [0.717, 1.165) is 22.1 Å². The number of benzene rings is 7. The van der Waals surface area contributed by atoms with Gasteiger partial charge in [-0.1, -0.05) is 140 Å². The average molecular weight is 562 g/mol. The molecule has 0 radical (unpaired) electrons. The number of aromatic nitrogens is 3. The summed E-state index contributed by atoms with van der Waals surface area (Å²) in [6.07, 6.45) is 0. The van der Waals surface area contributed by atoms with E-state index >= 15 is 0 Å². The Morgan fingerprint density at radius 3 is 0.932 bits per heavy atom. The minimum absolute atomic E-state index is 0.660. The lowest BCUT2D eigenvalue weighted by Crippen LogP contribution is -2.00. The third-order valence-electron chi connectivity index (χ3n) is 8.08. The molecule has 0 aliphatic rings. The lowest BCUT2D eigenvalue weighted by molar-refractivity contribution is 1.07. The third-order valence-corrected chi connectivity index (χ3v) is 8.08. The number of fused-ring (bicyclic) bond motifs is 2. The van der Waals surface area contributed by atoms with E-state index in [2.05, 4.69) is 103 Å². The zero-order chi connectivity index (χ0) is 29.3. The predicted molar refractivity (Wildman–Crippen MR) is 182 cm³/mol. The summed E-state index contributed by atoms with van der Waals surface area (Å²) in [5.41, 5.74) is 7.75. The van der Waals surface area contributed by atoms with Gasteiger partial charge >= 0.3 is 0 Å². The molecule has 0 fully saturated rings. The average Bonchev–Trinajstić information content (AvgIpc) is 3.11. The molecule has 3 heteroatoms. The molecule has 1 heterocycles. The predicted octanol–water partition coefficient (Wildman–Crippen LogP) is 10.5. The van der Waals surface area contributed by atoms with Gasteiger partial charge < -0.3 is 0 Å². The third kappa shape index (κ3) is 5.01. The summed E-state index contributed by atoms with van der Waals surface area (Å²) in [6.45, 7) is 0. The van der Waals surface area contributed by atoms with Crippen LogP contribution in [0.15, 0.2) is 164 Å². The molecule has 7 aromatic carbocycles. The van der Waals surface area contributed by atoms with Gasteiger partial charge in [0.05, 0.1) is 0 Å². The molecule has 8 rings (SSSR count). The van der Waals surface area contributed by atoms with Crippen LogP contribution in [0.1, 0.15) is 0 Å². The second kappa shape index (κ2) is 11.0. The first kappa shape index (κ1) is 25.8. The minimum Gasteiger partial charge on any atom is -0.208 e. The molecule has 0 unspecified atom stereocenters. The summed E-state index contributed by atoms with van der Waals surface area (Å²) in [7, 11) is 0. The van der Waals surface area contributed by atoms with Gasteiger partial charge in [0.15, 0.2) is 17.5 Å². The molecule has 1 aromatic heterocycles. The molecular weight excluding hydrogens is 534 g/mol. The number of rotatable bonds is 5. The molecule has 0 saturated carbocycles. The van der Waals surface area contributed by atoms with Crippen LogP contribution >= 0.6 is 0 Å². The van der Waals surface area contributed by atoms with Crippen molar-refractivity contribution < 1.29 is 0 Å². The summed E-state index contributed by atoms with van der Waals surface area (Å²) in [5.74, 6) is 1.99. The van der Waals surface area contributed by atoms with Gasteiger partial charge in [-0.25, -0.2) is 15.0 Å². The highest BCUT2D eigenvalue weighted by molar-refractivity contribution is 5.94. The molecule has 3 nitrogen and oxygen atoms in total. The van der Waals surface area contributed by atoms with E-state index in [-0.39, 0.29) is 0 Å². The zero-order valence-corrected chi connectivity index (χ0v) is 23.9. The van der Waals surface area contributed by atoms with Gasteiger partial charge in [0, 0.05) is 16.7 Å². The topological polar surface area (TPSA) is 38.7 Å². The standard InChI is InChI=1S/C41H27N3/c1-4-10-28(11-5-1)31-16-17-33-25-34(19-18-32(33)24-31)35-20-21-37-27-38(23-22-36(37)26-35)41-43-39(29-12-6-2-7-13-29)42-40(44-41)30-14-8-3-9-15-30/h1-27H. The minimum atomic E-state index is 0.660. The quantitative estimate of drug-likeness (QED) is 0.210. The Morgan fingerprint density at radius 1 is 0.227 bits per heavy atom. The van der Waals surface area contributed by atoms with Crippen LogP contribution in [0.3, 0.4) is 0 Å². The van der Waals surface area contributed by atoms with Gasteiger partial charge in [-0.15, -0.1) is 0 Å². The first-order chi connectivity index (χ1) is 21.8. The Kier molecular flexibility index (Phi) is 6.47. The zero-order valence-electron chi connectivity index (χ0n) is 23.9. The normalized spacial score (nSPS) is 11.2. The van der Waals surface area contributed by atoms with Crippen molar-refractivity contribution in [2.45, 2.75) is 0 Å². The SMILES string of the molecule is c1ccc(-c2ccc3cc(-c4ccc5cc(-c6nc(-c7ccccc7)nc(-c7ccccc7)n6)ccc5c4)ccc3c2)cc1. The van der Waals surface area contributed by atoms with E-state index in [1.807, 2.05) is 60.7 Å².